The molecule has 0 spiro atoms. The van der Waals surface area contributed by atoms with Gasteiger partial charge in [-0.15, -0.1) is 5.70 Å². The fourth-order valence-corrected chi connectivity index (χ4v) is 1.28. The van der Waals surface area contributed by atoms with Gasteiger partial charge in [-0.25, -0.2) is 0 Å². The van der Waals surface area contributed by atoms with E-state index in [4.69, 9.17) is 0 Å². The third-order valence-corrected chi connectivity index (χ3v) is 1.98. The molecule has 0 aliphatic heterocycles. The van der Waals surface area contributed by atoms with Crippen LogP contribution in [0.25, 0.3) is 0 Å². The standard InChI is InChI=1S/C8H20N2Si/c1-3-9-8(10-4-2)6-5-7-11/h5,7-10H,3-4,6H2,1-2,11H3. The van der Waals surface area contributed by atoms with Crippen molar-refractivity contribution < 1.29 is 0 Å². The smallest absolute Gasteiger partial charge is 0.0606 e. The molecule has 0 unspecified atom stereocenters. The number of hydrogen-bond donors (Lipinski definition) is 2. The molecular weight excluding hydrogens is 152 g/mol. The average molecular weight is 172 g/mol. The predicted molar refractivity (Wildman–Crippen MR) is 54.8 cm³/mol. The van der Waals surface area contributed by atoms with Gasteiger partial charge in [0.25, 0.3) is 0 Å². The Kier molecular flexibility index (Phi) is 7.89. The Labute approximate surface area is 72.9 Å². The van der Waals surface area contributed by atoms with E-state index < -0.39 is 0 Å². The lowest BCUT2D eigenvalue weighted by Gasteiger charge is -2.16. The largest absolute Gasteiger partial charge is 0.302 e. The lowest BCUT2D eigenvalue weighted by molar-refractivity contribution is 0.448. The summed E-state index contributed by atoms with van der Waals surface area (Å²) in [7, 11) is 1.17. The summed E-state index contributed by atoms with van der Waals surface area (Å²) < 4.78 is 0. The first kappa shape index (κ1) is 10.9. The Bertz CT molecular complexity index is 98.3. The summed E-state index contributed by atoms with van der Waals surface area (Å²) in [4.78, 5) is 0. The average Bonchev–Trinajstić information content (AvgIpc) is 2.01. The third kappa shape index (κ3) is 6.28. The van der Waals surface area contributed by atoms with Crippen LogP contribution in [-0.4, -0.2) is 29.5 Å². The lowest BCUT2D eigenvalue weighted by atomic mass is 10.3. The summed E-state index contributed by atoms with van der Waals surface area (Å²) in [6, 6.07) is 0. The minimum absolute atomic E-state index is 0.468. The van der Waals surface area contributed by atoms with Gasteiger partial charge >= 0.3 is 0 Å². The van der Waals surface area contributed by atoms with Gasteiger partial charge < -0.3 is 10.6 Å². The van der Waals surface area contributed by atoms with Gasteiger partial charge in [0.15, 0.2) is 0 Å². The molecule has 0 fully saturated rings. The Morgan fingerprint density at radius 3 is 2.18 bits per heavy atom. The van der Waals surface area contributed by atoms with Crippen LogP contribution in [0.2, 0.25) is 0 Å². The van der Waals surface area contributed by atoms with Crippen LogP contribution in [0.4, 0.5) is 0 Å². The Balaban J connectivity index is 3.50. The van der Waals surface area contributed by atoms with Gasteiger partial charge in [0.05, 0.1) is 6.17 Å². The topological polar surface area (TPSA) is 24.1 Å². The normalized spacial score (nSPS) is 11.9. The summed E-state index contributed by atoms with van der Waals surface area (Å²) in [5.74, 6) is 0. The first-order valence-corrected chi connectivity index (χ1v) is 5.58. The summed E-state index contributed by atoms with van der Waals surface area (Å²) in [5, 5.41) is 6.74. The highest BCUT2D eigenvalue weighted by Crippen LogP contribution is 1.88. The molecule has 0 radical (unpaired) electrons. The van der Waals surface area contributed by atoms with E-state index in [1.54, 1.807) is 0 Å². The van der Waals surface area contributed by atoms with Crippen LogP contribution >= 0.6 is 0 Å². The Morgan fingerprint density at radius 1 is 1.27 bits per heavy atom. The number of nitrogens with one attached hydrogen (secondary N) is 2. The van der Waals surface area contributed by atoms with Gasteiger partial charge in [-0.3, -0.25) is 0 Å². The first-order valence-electron chi connectivity index (χ1n) is 4.43. The first-order chi connectivity index (χ1) is 5.35. The summed E-state index contributed by atoms with van der Waals surface area (Å²) in [5.41, 5.74) is 2.22. The molecule has 0 bridgehead atoms. The Morgan fingerprint density at radius 2 is 1.82 bits per heavy atom. The Hall–Kier alpha value is -0.123. The summed E-state index contributed by atoms with van der Waals surface area (Å²) >= 11 is 0. The third-order valence-electron chi connectivity index (χ3n) is 1.51. The number of hydrogen-bond acceptors (Lipinski definition) is 2. The van der Waals surface area contributed by atoms with E-state index in [9.17, 15) is 0 Å². The minimum Gasteiger partial charge on any atom is -0.302 e. The van der Waals surface area contributed by atoms with Crippen molar-refractivity contribution >= 4 is 10.2 Å². The van der Waals surface area contributed by atoms with E-state index in [0.717, 1.165) is 19.5 Å². The van der Waals surface area contributed by atoms with Gasteiger partial charge in [-0.2, -0.15) is 0 Å². The summed E-state index contributed by atoms with van der Waals surface area (Å²) in [6.07, 6.45) is 3.81. The van der Waals surface area contributed by atoms with Crippen molar-refractivity contribution in [3.63, 3.8) is 0 Å². The van der Waals surface area contributed by atoms with Crippen molar-refractivity contribution in [1.29, 1.82) is 0 Å². The minimum atomic E-state index is 0.468. The maximum absolute atomic E-state index is 3.37. The molecule has 0 atom stereocenters. The molecule has 0 aliphatic rings. The van der Waals surface area contributed by atoms with Crippen molar-refractivity contribution in [2.75, 3.05) is 13.1 Å². The molecule has 3 heteroatoms. The van der Waals surface area contributed by atoms with E-state index in [1.807, 2.05) is 0 Å². The van der Waals surface area contributed by atoms with Crippen LogP contribution in [0.3, 0.4) is 0 Å². The second-order valence-corrected chi connectivity index (χ2v) is 3.14. The van der Waals surface area contributed by atoms with E-state index in [1.165, 1.54) is 10.2 Å². The predicted octanol–water partition coefficient (Wildman–Crippen LogP) is -0.199. The number of rotatable bonds is 6. The van der Waals surface area contributed by atoms with Crippen LogP contribution in [0.15, 0.2) is 11.8 Å². The second-order valence-electron chi connectivity index (χ2n) is 2.47. The monoisotopic (exact) mass is 172 g/mol. The van der Waals surface area contributed by atoms with Gasteiger partial charge in [-0.05, 0) is 19.5 Å². The van der Waals surface area contributed by atoms with Gasteiger partial charge in [-0.1, -0.05) is 19.9 Å². The highest BCUT2D eigenvalue weighted by molar-refractivity contribution is 6.16. The molecule has 11 heavy (non-hydrogen) atoms. The van der Waals surface area contributed by atoms with Crippen molar-refractivity contribution in [1.82, 2.24) is 10.6 Å². The zero-order valence-electron chi connectivity index (χ0n) is 7.85. The highest BCUT2D eigenvalue weighted by atomic mass is 28.1. The highest BCUT2D eigenvalue weighted by Gasteiger charge is 1.99. The van der Waals surface area contributed by atoms with Crippen molar-refractivity contribution in [2.45, 2.75) is 26.4 Å². The van der Waals surface area contributed by atoms with Gasteiger partial charge in [0, 0.05) is 10.2 Å². The van der Waals surface area contributed by atoms with E-state index in [2.05, 4.69) is 36.3 Å². The van der Waals surface area contributed by atoms with E-state index in [0.29, 0.717) is 6.17 Å². The molecular formula is C8H20N2Si. The molecule has 0 aromatic carbocycles. The molecule has 0 saturated carbocycles. The van der Waals surface area contributed by atoms with Crippen LogP contribution in [0.1, 0.15) is 20.3 Å². The molecule has 0 rings (SSSR count). The fraction of sp³-hybridized carbons (Fsp3) is 0.750. The maximum atomic E-state index is 3.37. The summed E-state index contributed by atoms with van der Waals surface area (Å²) in [6.45, 7) is 6.34. The van der Waals surface area contributed by atoms with Crippen molar-refractivity contribution in [3.05, 3.63) is 11.8 Å². The van der Waals surface area contributed by atoms with Gasteiger partial charge in [0.2, 0.25) is 0 Å². The van der Waals surface area contributed by atoms with Crippen molar-refractivity contribution in [2.24, 2.45) is 0 Å². The zero-order valence-corrected chi connectivity index (χ0v) is 9.85. The lowest BCUT2D eigenvalue weighted by Crippen LogP contribution is -2.41. The quantitative estimate of drug-likeness (QED) is 0.428. The maximum Gasteiger partial charge on any atom is 0.0606 e. The van der Waals surface area contributed by atoms with Crippen molar-refractivity contribution in [3.8, 4) is 0 Å². The van der Waals surface area contributed by atoms with E-state index in [-0.39, 0.29) is 0 Å². The second kappa shape index (κ2) is 7.98. The zero-order chi connectivity index (χ0) is 8.53. The molecule has 0 amide bonds. The van der Waals surface area contributed by atoms with Crippen LogP contribution in [0.5, 0.6) is 0 Å². The molecule has 0 aromatic rings. The molecule has 2 nitrogen and oxygen atoms in total. The van der Waals surface area contributed by atoms with Crippen LogP contribution in [-0.2, 0) is 0 Å². The SMILES string of the molecule is CCNC(CC=C[SiH3])NCC. The van der Waals surface area contributed by atoms with Crippen LogP contribution < -0.4 is 10.6 Å². The molecule has 0 heterocycles. The van der Waals surface area contributed by atoms with E-state index >= 15 is 0 Å². The molecule has 0 aromatic heterocycles. The molecule has 0 saturated heterocycles. The molecule has 66 valence electrons. The fourth-order valence-electron chi connectivity index (χ4n) is 1.00. The van der Waals surface area contributed by atoms with Crippen LogP contribution in [0, 0.1) is 0 Å². The van der Waals surface area contributed by atoms with Gasteiger partial charge in [0.1, 0.15) is 0 Å². The molecule has 0 aliphatic carbocycles. The molecule has 2 N–H and O–H groups in total.